The van der Waals surface area contributed by atoms with Gasteiger partial charge in [-0.25, -0.2) is 12.7 Å². The largest absolute Gasteiger partial charge is 0.325 e. The Balaban J connectivity index is 1.77. The van der Waals surface area contributed by atoms with Gasteiger partial charge in [-0.3, -0.25) is 9.59 Å². The summed E-state index contributed by atoms with van der Waals surface area (Å²) in [4.78, 5) is 24.1. The van der Waals surface area contributed by atoms with Crippen molar-refractivity contribution in [3.63, 3.8) is 0 Å². The molecule has 9 heteroatoms. The van der Waals surface area contributed by atoms with Gasteiger partial charge in [0.15, 0.2) is 0 Å². The summed E-state index contributed by atoms with van der Waals surface area (Å²) in [5, 5.41) is 5.48. The second-order valence-corrected chi connectivity index (χ2v) is 9.59. The van der Waals surface area contributed by atoms with Gasteiger partial charge in [0.05, 0.1) is 16.4 Å². The SMILES string of the molecule is CCc1ccc(NC(=O)CSCC(=O)Nc2ccc(S(=O)(=O)N(C)C)cc2)cc1. The van der Waals surface area contributed by atoms with Gasteiger partial charge >= 0.3 is 0 Å². The monoisotopic (exact) mass is 435 g/mol. The van der Waals surface area contributed by atoms with Crippen molar-refractivity contribution >= 4 is 45.0 Å². The quantitative estimate of drug-likeness (QED) is 0.631. The summed E-state index contributed by atoms with van der Waals surface area (Å²) < 4.78 is 25.2. The van der Waals surface area contributed by atoms with E-state index in [2.05, 4.69) is 17.6 Å². The molecule has 0 saturated carbocycles. The molecular weight excluding hydrogens is 410 g/mol. The first-order valence-electron chi connectivity index (χ1n) is 9.01. The summed E-state index contributed by atoms with van der Waals surface area (Å²) in [6.07, 6.45) is 0.938. The van der Waals surface area contributed by atoms with Crippen LogP contribution in [0.15, 0.2) is 53.4 Å². The normalized spacial score (nSPS) is 11.3. The van der Waals surface area contributed by atoms with Crippen molar-refractivity contribution in [2.45, 2.75) is 18.2 Å². The molecule has 2 aromatic rings. The zero-order chi connectivity index (χ0) is 21.4. The number of anilines is 2. The lowest BCUT2D eigenvalue weighted by atomic mass is 10.1. The maximum Gasteiger partial charge on any atom is 0.242 e. The lowest BCUT2D eigenvalue weighted by molar-refractivity contribution is -0.114. The Morgan fingerprint density at radius 3 is 1.72 bits per heavy atom. The highest BCUT2D eigenvalue weighted by atomic mass is 32.2. The van der Waals surface area contributed by atoms with Crippen molar-refractivity contribution in [3.05, 3.63) is 54.1 Å². The first kappa shape index (κ1) is 22.9. The highest BCUT2D eigenvalue weighted by molar-refractivity contribution is 8.00. The molecule has 0 spiro atoms. The molecule has 0 aliphatic carbocycles. The van der Waals surface area contributed by atoms with Crippen LogP contribution in [0.1, 0.15) is 12.5 Å². The molecule has 29 heavy (non-hydrogen) atoms. The number of carbonyl (C=O) groups is 2. The predicted molar refractivity (Wildman–Crippen MR) is 118 cm³/mol. The minimum absolute atomic E-state index is 0.111. The Morgan fingerprint density at radius 1 is 0.862 bits per heavy atom. The van der Waals surface area contributed by atoms with Gasteiger partial charge in [0.1, 0.15) is 0 Å². The zero-order valence-corrected chi connectivity index (χ0v) is 18.3. The van der Waals surface area contributed by atoms with Crippen LogP contribution in [-0.2, 0) is 26.0 Å². The standard InChI is InChI=1S/C20H25N3O4S2/c1-4-15-5-7-16(8-6-15)21-19(24)13-28-14-20(25)22-17-9-11-18(12-10-17)29(26,27)23(2)3/h5-12H,4,13-14H2,1-3H3,(H,21,24)(H,22,25). The van der Waals surface area contributed by atoms with Gasteiger partial charge in [0, 0.05) is 25.5 Å². The first-order valence-corrected chi connectivity index (χ1v) is 11.6. The smallest absolute Gasteiger partial charge is 0.242 e. The number of sulfonamides is 1. The highest BCUT2D eigenvalue weighted by Crippen LogP contribution is 2.17. The third kappa shape index (κ3) is 6.88. The summed E-state index contributed by atoms with van der Waals surface area (Å²) >= 11 is 1.20. The third-order valence-corrected chi connectivity index (χ3v) is 6.79. The van der Waals surface area contributed by atoms with Crippen LogP contribution in [0.2, 0.25) is 0 Å². The van der Waals surface area contributed by atoms with E-state index in [1.54, 1.807) is 0 Å². The maximum atomic E-state index is 12.0. The fourth-order valence-electron chi connectivity index (χ4n) is 2.38. The molecule has 0 saturated heterocycles. The number of carbonyl (C=O) groups excluding carboxylic acids is 2. The number of hydrogen-bond donors (Lipinski definition) is 2. The number of nitrogens with one attached hydrogen (secondary N) is 2. The Morgan fingerprint density at radius 2 is 1.31 bits per heavy atom. The number of hydrogen-bond acceptors (Lipinski definition) is 5. The predicted octanol–water partition coefficient (Wildman–Crippen LogP) is 2.81. The van der Waals surface area contributed by atoms with E-state index in [-0.39, 0.29) is 28.2 Å². The van der Waals surface area contributed by atoms with Crippen molar-refractivity contribution in [2.24, 2.45) is 0 Å². The number of nitrogens with zero attached hydrogens (tertiary/aromatic N) is 1. The number of rotatable bonds is 9. The van der Waals surface area contributed by atoms with E-state index in [4.69, 9.17) is 0 Å². The molecule has 2 rings (SSSR count). The van der Waals surface area contributed by atoms with Gasteiger partial charge < -0.3 is 10.6 Å². The van der Waals surface area contributed by atoms with Crippen LogP contribution in [-0.4, -0.2) is 50.1 Å². The lowest BCUT2D eigenvalue weighted by Gasteiger charge is -2.12. The van der Waals surface area contributed by atoms with Gasteiger partial charge in [-0.2, -0.15) is 0 Å². The van der Waals surface area contributed by atoms with Gasteiger partial charge in [0.25, 0.3) is 0 Å². The van der Waals surface area contributed by atoms with Crippen molar-refractivity contribution in [1.82, 2.24) is 4.31 Å². The molecule has 0 radical (unpaired) electrons. The van der Waals surface area contributed by atoms with E-state index in [0.29, 0.717) is 5.69 Å². The molecule has 0 aliphatic rings. The van der Waals surface area contributed by atoms with Crippen LogP contribution >= 0.6 is 11.8 Å². The number of aryl methyl sites for hydroxylation is 1. The molecule has 0 heterocycles. The van der Waals surface area contributed by atoms with Crippen molar-refractivity contribution < 1.29 is 18.0 Å². The van der Waals surface area contributed by atoms with E-state index in [9.17, 15) is 18.0 Å². The summed E-state index contributed by atoms with van der Waals surface area (Å²) in [6.45, 7) is 2.06. The lowest BCUT2D eigenvalue weighted by Crippen LogP contribution is -2.22. The third-order valence-electron chi connectivity index (χ3n) is 4.03. The van der Waals surface area contributed by atoms with E-state index < -0.39 is 10.0 Å². The molecule has 2 aromatic carbocycles. The number of benzene rings is 2. The second-order valence-electron chi connectivity index (χ2n) is 6.45. The Labute approximate surface area is 175 Å². The van der Waals surface area contributed by atoms with E-state index in [1.165, 1.54) is 55.7 Å². The molecule has 0 aliphatic heterocycles. The van der Waals surface area contributed by atoms with Crippen LogP contribution < -0.4 is 10.6 Å². The van der Waals surface area contributed by atoms with Crippen LogP contribution in [0, 0.1) is 0 Å². The topological polar surface area (TPSA) is 95.6 Å². The van der Waals surface area contributed by atoms with Crippen LogP contribution in [0.25, 0.3) is 0 Å². The van der Waals surface area contributed by atoms with Crippen LogP contribution in [0.5, 0.6) is 0 Å². The van der Waals surface area contributed by atoms with Crippen molar-refractivity contribution in [2.75, 3.05) is 36.2 Å². The number of amides is 2. The molecule has 0 bridgehead atoms. The summed E-state index contributed by atoms with van der Waals surface area (Å²) in [5.74, 6) is -0.174. The van der Waals surface area contributed by atoms with Crippen molar-refractivity contribution in [3.8, 4) is 0 Å². The highest BCUT2D eigenvalue weighted by Gasteiger charge is 2.16. The summed E-state index contributed by atoms with van der Waals surface area (Å²) in [5.41, 5.74) is 2.42. The van der Waals surface area contributed by atoms with E-state index in [0.717, 1.165) is 16.4 Å². The Hall–Kier alpha value is -2.36. The minimum atomic E-state index is -3.50. The molecule has 2 N–H and O–H groups in total. The average Bonchev–Trinajstić information content (AvgIpc) is 2.69. The minimum Gasteiger partial charge on any atom is -0.325 e. The van der Waals surface area contributed by atoms with Gasteiger partial charge in [-0.05, 0) is 48.4 Å². The van der Waals surface area contributed by atoms with Crippen LogP contribution in [0.3, 0.4) is 0 Å². The van der Waals surface area contributed by atoms with E-state index >= 15 is 0 Å². The Bertz CT molecular complexity index is 941. The fourth-order valence-corrected chi connectivity index (χ4v) is 3.89. The molecule has 2 amide bonds. The molecule has 0 fully saturated rings. The van der Waals surface area contributed by atoms with E-state index in [1.807, 2.05) is 24.3 Å². The van der Waals surface area contributed by atoms with Crippen molar-refractivity contribution in [1.29, 1.82) is 0 Å². The molecule has 7 nitrogen and oxygen atoms in total. The van der Waals surface area contributed by atoms with Gasteiger partial charge in [0.2, 0.25) is 21.8 Å². The maximum absolute atomic E-state index is 12.0. The molecule has 0 unspecified atom stereocenters. The average molecular weight is 436 g/mol. The molecule has 156 valence electrons. The summed E-state index contributed by atoms with van der Waals surface area (Å²) in [7, 11) is -0.590. The Kier molecular flexibility index (Phi) is 8.24. The molecule has 0 atom stereocenters. The van der Waals surface area contributed by atoms with Crippen LogP contribution in [0.4, 0.5) is 11.4 Å². The van der Waals surface area contributed by atoms with Gasteiger partial charge in [-0.1, -0.05) is 19.1 Å². The number of thioether (sulfide) groups is 1. The van der Waals surface area contributed by atoms with Gasteiger partial charge in [-0.15, -0.1) is 11.8 Å². The second kappa shape index (κ2) is 10.4. The molecule has 0 aromatic heterocycles. The fraction of sp³-hybridized carbons (Fsp3) is 0.300. The zero-order valence-electron chi connectivity index (χ0n) is 16.6. The summed E-state index contributed by atoms with van der Waals surface area (Å²) in [6, 6.07) is 13.6. The first-order chi connectivity index (χ1) is 13.7. The molecular formula is C20H25N3O4S2.